The van der Waals surface area contributed by atoms with Crippen molar-refractivity contribution >= 4 is 16.9 Å². The van der Waals surface area contributed by atoms with Gasteiger partial charge in [0, 0.05) is 0 Å². The largest absolute Gasteiger partial charge is 0.459 e. The van der Waals surface area contributed by atoms with Gasteiger partial charge in [0.25, 0.3) is 5.56 Å². The van der Waals surface area contributed by atoms with Crippen molar-refractivity contribution in [3.05, 3.63) is 34.6 Å². The Labute approximate surface area is 104 Å². The summed E-state index contributed by atoms with van der Waals surface area (Å²) in [5.74, 6) is -0.375. The number of carbonyl (C=O) groups excluding carboxylic acids is 1. The van der Waals surface area contributed by atoms with Gasteiger partial charge in [-0.05, 0) is 32.9 Å². The maximum absolute atomic E-state index is 11.7. The summed E-state index contributed by atoms with van der Waals surface area (Å²) in [7, 11) is 0. The lowest BCUT2D eigenvalue weighted by molar-refractivity contribution is -0.155. The highest BCUT2D eigenvalue weighted by Gasteiger charge is 2.17. The molecule has 2 aromatic rings. The van der Waals surface area contributed by atoms with Crippen LogP contribution in [0, 0.1) is 0 Å². The van der Waals surface area contributed by atoms with Gasteiger partial charge in [-0.3, -0.25) is 19.4 Å². The van der Waals surface area contributed by atoms with E-state index >= 15 is 0 Å². The van der Waals surface area contributed by atoms with Crippen molar-refractivity contribution in [2.24, 2.45) is 0 Å². The van der Waals surface area contributed by atoms with Crippen LogP contribution in [0.2, 0.25) is 0 Å². The number of benzene rings is 1. The average Bonchev–Trinajstić information content (AvgIpc) is 2.54. The monoisotopic (exact) mass is 248 g/mol. The fourth-order valence-corrected chi connectivity index (χ4v) is 1.77. The summed E-state index contributed by atoms with van der Waals surface area (Å²) in [6.07, 6.45) is 0. The van der Waals surface area contributed by atoms with E-state index in [0.717, 1.165) is 0 Å². The summed E-state index contributed by atoms with van der Waals surface area (Å²) in [5, 5.41) is 3.20. The lowest BCUT2D eigenvalue weighted by Crippen LogP contribution is -2.27. The standard InChI is InChI=1S/C13H16N2O3/c1-13(2,3)18-11(16)8-15-10-7-5-4-6-9(10)12(17)14-15/h4-7H,8H2,1-3H3,(H,14,17). The molecular weight excluding hydrogens is 232 g/mol. The molecule has 0 fully saturated rings. The van der Waals surface area contributed by atoms with E-state index in [1.807, 2.05) is 6.07 Å². The first kappa shape index (κ1) is 12.4. The van der Waals surface area contributed by atoms with Gasteiger partial charge in [0.05, 0.1) is 10.9 Å². The molecule has 5 heteroatoms. The molecule has 0 aliphatic heterocycles. The number of nitrogens with one attached hydrogen (secondary N) is 1. The van der Waals surface area contributed by atoms with Gasteiger partial charge >= 0.3 is 5.97 Å². The Balaban J connectivity index is 2.28. The van der Waals surface area contributed by atoms with E-state index in [9.17, 15) is 9.59 Å². The average molecular weight is 248 g/mol. The number of esters is 1. The molecule has 5 nitrogen and oxygen atoms in total. The molecule has 1 aromatic carbocycles. The van der Waals surface area contributed by atoms with Crippen LogP contribution in [-0.2, 0) is 16.1 Å². The maximum atomic E-state index is 11.7. The van der Waals surface area contributed by atoms with Crippen molar-refractivity contribution < 1.29 is 9.53 Å². The van der Waals surface area contributed by atoms with Gasteiger partial charge in [0.2, 0.25) is 0 Å². The van der Waals surface area contributed by atoms with Crippen LogP contribution in [0.15, 0.2) is 29.1 Å². The van der Waals surface area contributed by atoms with Crippen molar-refractivity contribution in [3.8, 4) is 0 Å². The summed E-state index contributed by atoms with van der Waals surface area (Å²) in [4.78, 5) is 23.4. The van der Waals surface area contributed by atoms with Crippen LogP contribution in [0.4, 0.5) is 0 Å². The van der Waals surface area contributed by atoms with Gasteiger partial charge in [-0.2, -0.15) is 0 Å². The first-order valence-corrected chi connectivity index (χ1v) is 5.76. The summed E-state index contributed by atoms with van der Waals surface area (Å²) in [6, 6.07) is 7.12. The molecule has 1 aromatic heterocycles. The fourth-order valence-electron chi connectivity index (χ4n) is 1.77. The highest BCUT2D eigenvalue weighted by molar-refractivity contribution is 5.80. The maximum Gasteiger partial charge on any atom is 0.328 e. The van der Waals surface area contributed by atoms with E-state index < -0.39 is 5.60 Å². The summed E-state index contributed by atoms with van der Waals surface area (Å²) in [6.45, 7) is 5.42. The molecule has 0 aliphatic rings. The molecule has 0 saturated heterocycles. The van der Waals surface area contributed by atoms with Crippen LogP contribution in [-0.4, -0.2) is 21.4 Å². The van der Waals surface area contributed by atoms with Crippen molar-refractivity contribution in [1.29, 1.82) is 0 Å². The number of hydrogen-bond donors (Lipinski definition) is 1. The molecule has 0 unspecified atom stereocenters. The topological polar surface area (TPSA) is 64.1 Å². The van der Waals surface area contributed by atoms with Crippen LogP contribution in [0.1, 0.15) is 20.8 Å². The number of rotatable bonds is 2. The van der Waals surface area contributed by atoms with Crippen LogP contribution in [0.3, 0.4) is 0 Å². The minimum Gasteiger partial charge on any atom is -0.459 e. The second-order valence-corrected chi connectivity index (χ2v) is 5.13. The Morgan fingerprint density at radius 1 is 1.33 bits per heavy atom. The number of H-pyrrole nitrogens is 1. The SMILES string of the molecule is CC(C)(C)OC(=O)Cn1[nH]c(=O)c2ccccc21. The molecule has 0 bridgehead atoms. The Morgan fingerprint density at radius 3 is 2.67 bits per heavy atom. The highest BCUT2D eigenvalue weighted by atomic mass is 16.6. The second-order valence-electron chi connectivity index (χ2n) is 5.13. The van der Waals surface area contributed by atoms with Crippen molar-refractivity contribution in [2.75, 3.05) is 0 Å². The minimum absolute atomic E-state index is 0.0000231. The summed E-state index contributed by atoms with van der Waals surface area (Å²) < 4.78 is 6.72. The zero-order chi connectivity index (χ0) is 13.3. The van der Waals surface area contributed by atoms with E-state index in [1.165, 1.54) is 4.68 Å². The summed E-state index contributed by atoms with van der Waals surface area (Å²) >= 11 is 0. The number of para-hydroxylation sites is 1. The fraction of sp³-hybridized carbons (Fsp3) is 0.385. The zero-order valence-electron chi connectivity index (χ0n) is 10.7. The van der Waals surface area contributed by atoms with E-state index in [-0.39, 0.29) is 18.1 Å². The first-order valence-electron chi connectivity index (χ1n) is 5.76. The molecule has 1 heterocycles. The molecule has 0 spiro atoms. The minimum atomic E-state index is -0.527. The molecule has 0 atom stereocenters. The number of hydrogen-bond acceptors (Lipinski definition) is 3. The third-order valence-corrected chi connectivity index (χ3v) is 2.38. The molecule has 18 heavy (non-hydrogen) atoms. The van der Waals surface area contributed by atoms with Gasteiger partial charge in [0.1, 0.15) is 12.1 Å². The van der Waals surface area contributed by atoms with Gasteiger partial charge in [-0.1, -0.05) is 12.1 Å². The first-order chi connectivity index (χ1) is 8.37. The smallest absolute Gasteiger partial charge is 0.328 e. The van der Waals surface area contributed by atoms with Gasteiger partial charge in [-0.15, -0.1) is 0 Å². The molecule has 1 N–H and O–H groups in total. The molecule has 0 amide bonds. The third kappa shape index (κ3) is 2.61. The van der Waals surface area contributed by atoms with Crippen LogP contribution in [0.25, 0.3) is 10.9 Å². The Hall–Kier alpha value is -2.04. The number of nitrogens with zero attached hydrogens (tertiary/aromatic N) is 1. The van der Waals surface area contributed by atoms with Crippen molar-refractivity contribution in [2.45, 2.75) is 32.9 Å². The van der Waals surface area contributed by atoms with E-state index in [4.69, 9.17) is 4.74 Å². The molecule has 2 rings (SSSR count). The number of ether oxygens (including phenoxy) is 1. The van der Waals surface area contributed by atoms with E-state index in [1.54, 1.807) is 39.0 Å². The number of aromatic nitrogens is 2. The summed E-state index contributed by atoms with van der Waals surface area (Å²) in [5.41, 5.74) is -0.0251. The van der Waals surface area contributed by atoms with Gasteiger partial charge in [0.15, 0.2) is 0 Å². The third-order valence-electron chi connectivity index (χ3n) is 2.38. The predicted molar refractivity (Wildman–Crippen MR) is 68.4 cm³/mol. The van der Waals surface area contributed by atoms with Gasteiger partial charge in [-0.25, -0.2) is 0 Å². The second kappa shape index (κ2) is 4.33. The van der Waals surface area contributed by atoms with Crippen LogP contribution < -0.4 is 5.56 Å². The molecular formula is C13H16N2O3. The van der Waals surface area contributed by atoms with E-state index in [2.05, 4.69) is 5.10 Å². The molecule has 0 aliphatic carbocycles. The van der Waals surface area contributed by atoms with E-state index in [0.29, 0.717) is 10.9 Å². The number of aromatic amines is 1. The lowest BCUT2D eigenvalue weighted by Gasteiger charge is -2.19. The van der Waals surface area contributed by atoms with Crippen LogP contribution in [0.5, 0.6) is 0 Å². The van der Waals surface area contributed by atoms with Crippen molar-refractivity contribution in [1.82, 2.24) is 9.78 Å². The number of carbonyl (C=O) groups is 1. The number of fused-ring (bicyclic) bond motifs is 1. The molecule has 96 valence electrons. The molecule has 0 saturated carbocycles. The Bertz CT molecular complexity index is 631. The lowest BCUT2D eigenvalue weighted by atomic mass is 10.2. The Kier molecular flexibility index (Phi) is 2.98. The highest BCUT2D eigenvalue weighted by Crippen LogP contribution is 2.11. The van der Waals surface area contributed by atoms with Gasteiger partial charge < -0.3 is 4.74 Å². The normalized spacial score (nSPS) is 11.7. The molecule has 0 radical (unpaired) electrons. The predicted octanol–water partition coefficient (Wildman–Crippen LogP) is 1.67. The quantitative estimate of drug-likeness (QED) is 0.822. The zero-order valence-corrected chi connectivity index (χ0v) is 10.7. The van der Waals surface area contributed by atoms with Crippen LogP contribution >= 0.6 is 0 Å². The van der Waals surface area contributed by atoms with Crippen molar-refractivity contribution in [3.63, 3.8) is 0 Å². The Morgan fingerprint density at radius 2 is 2.00 bits per heavy atom.